The molecule has 0 atom stereocenters. The normalized spacial score (nSPS) is 14.3. The number of nitro groups is 1. The van der Waals surface area contributed by atoms with Gasteiger partial charge < -0.3 is 14.2 Å². The Morgan fingerprint density at radius 3 is 2.59 bits per heavy atom. The lowest BCUT2D eigenvalue weighted by molar-refractivity contribution is -0.384. The second kappa shape index (κ2) is 8.83. The van der Waals surface area contributed by atoms with Crippen molar-refractivity contribution < 1.29 is 23.9 Å². The Labute approximate surface area is 166 Å². The first kappa shape index (κ1) is 19.8. The second-order valence-corrected chi connectivity index (χ2v) is 5.88. The fourth-order valence-electron chi connectivity index (χ4n) is 2.57. The number of hydrogen-bond donors (Lipinski definition) is 0. The lowest BCUT2D eigenvalue weighted by Crippen LogP contribution is -2.05. The third kappa shape index (κ3) is 4.67. The van der Waals surface area contributed by atoms with Crippen molar-refractivity contribution in [1.29, 1.82) is 0 Å². The Morgan fingerprint density at radius 1 is 1.17 bits per heavy atom. The molecule has 0 unspecified atom stereocenters. The van der Waals surface area contributed by atoms with Gasteiger partial charge in [-0.15, -0.1) is 0 Å². The van der Waals surface area contributed by atoms with Gasteiger partial charge in [-0.25, -0.2) is 9.79 Å². The summed E-state index contributed by atoms with van der Waals surface area (Å²) < 4.78 is 16.3. The highest BCUT2D eigenvalue weighted by Crippen LogP contribution is 2.30. The first-order chi connectivity index (χ1) is 14.0. The van der Waals surface area contributed by atoms with Crippen molar-refractivity contribution in [3.8, 4) is 11.5 Å². The van der Waals surface area contributed by atoms with E-state index >= 15 is 0 Å². The van der Waals surface area contributed by atoms with Gasteiger partial charge in [0, 0.05) is 17.7 Å². The number of rotatable bonds is 8. The van der Waals surface area contributed by atoms with Crippen LogP contribution in [0.1, 0.15) is 18.1 Å². The van der Waals surface area contributed by atoms with Crippen LogP contribution in [0.2, 0.25) is 0 Å². The summed E-state index contributed by atoms with van der Waals surface area (Å²) in [5.41, 5.74) is 1.20. The zero-order chi connectivity index (χ0) is 20.8. The summed E-state index contributed by atoms with van der Waals surface area (Å²) in [7, 11) is 0. The van der Waals surface area contributed by atoms with Crippen molar-refractivity contribution in [1.82, 2.24) is 0 Å². The number of esters is 1. The lowest BCUT2D eigenvalue weighted by atomic mass is 10.1. The van der Waals surface area contributed by atoms with Crippen LogP contribution in [0, 0.1) is 10.1 Å². The predicted molar refractivity (Wildman–Crippen MR) is 107 cm³/mol. The van der Waals surface area contributed by atoms with Crippen molar-refractivity contribution in [2.24, 2.45) is 4.99 Å². The molecule has 3 rings (SSSR count). The number of ether oxygens (including phenoxy) is 3. The molecule has 0 bridgehead atoms. The molecular weight excluding hydrogens is 376 g/mol. The van der Waals surface area contributed by atoms with Crippen LogP contribution in [-0.2, 0) is 9.53 Å². The molecule has 148 valence electrons. The zero-order valence-electron chi connectivity index (χ0n) is 15.7. The van der Waals surface area contributed by atoms with Gasteiger partial charge >= 0.3 is 5.97 Å². The molecule has 0 radical (unpaired) electrons. The Hall–Kier alpha value is -3.94. The lowest BCUT2D eigenvalue weighted by Gasteiger charge is -2.11. The summed E-state index contributed by atoms with van der Waals surface area (Å²) in [6.07, 6.45) is 3.20. The molecule has 0 N–H and O–H groups in total. The fourth-order valence-corrected chi connectivity index (χ4v) is 2.57. The highest BCUT2D eigenvalue weighted by atomic mass is 16.6. The first-order valence-corrected chi connectivity index (χ1v) is 8.79. The molecule has 0 amide bonds. The Bertz CT molecular complexity index is 1010. The van der Waals surface area contributed by atoms with Gasteiger partial charge in [-0.3, -0.25) is 10.1 Å². The van der Waals surface area contributed by atoms with Crippen LogP contribution in [0.5, 0.6) is 11.5 Å². The van der Waals surface area contributed by atoms with E-state index in [1.165, 1.54) is 24.3 Å². The number of nitrogens with zero attached hydrogens (tertiary/aromatic N) is 2. The number of carbonyl (C=O) groups is 1. The second-order valence-electron chi connectivity index (χ2n) is 5.88. The van der Waals surface area contributed by atoms with Gasteiger partial charge in [0.1, 0.15) is 6.61 Å². The van der Waals surface area contributed by atoms with E-state index in [4.69, 9.17) is 14.2 Å². The fraction of sp³-hybridized carbons (Fsp3) is 0.143. The Morgan fingerprint density at radius 2 is 1.93 bits per heavy atom. The summed E-state index contributed by atoms with van der Waals surface area (Å²) in [5.74, 6) is 0.586. The molecule has 1 heterocycles. The summed E-state index contributed by atoms with van der Waals surface area (Å²) in [6, 6.07) is 10.8. The van der Waals surface area contributed by atoms with Gasteiger partial charge in [-0.1, -0.05) is 18.7 Å². The molecule has 0 fully saturated rings. The number of benzene rings is 2. The number of carbonyl (C=O) groups excluding carboxylic acids is 1. The van der Waals surface area contributed by atoms with Crippen LogP contribution in [0.4, 0.5) is 5.69 Å². The van der Waals surface area contributed by atoms with Gasteiger partial charge in [0.2, 0.25) is 5.90 Å². The van der Waals surface area contributed by atoms with Crippen molar-refractivity contribution in [3.05, 3.63) is 82.1 Å². The van der Waals surface area contributed by atoms with Crippen LogP contribution in [0.15, 0.2) is 65.8 Å². The third-order valence-corrected chi connectivity index (χ3v) is 3.87. The number of aliphatic imine (C=N–C) groups is 1. The maximum atomic E-state index is 12.2. The van der Waals surface area contributed by atoms with E-state index in [2.05, 4.69) is 11.6 Å². The van der Waals surface area contributed by atoms with E-state index in [0.29, 0.717) is 35.8 Å². The highest BCUT2D eigenvalue weighted by Gasteiger charge is 2.24. The minimum absolute atomic E-state index is 0.0587. The molecule has 1 aliphatic rings. The van der Waals surface area contributed by atoms with Crippen LogP contribution in [0.3, 0.4) is 0 Å². The van der Waals surface area contributed by atoms with E-state index in [0.717, 1.165) is 0 Å². The van der Waals surface area contributed by atoms with Crippen LogP contribution >= 0.6 is 0 Å². The standard InChI is InChI=1S/C21H18N2O6/c1-3-11-28-18-10-5-14(13-19(18)27-4-2)12-17-21(24)29-20(22-17)15-6-8-16(9-7-15)23(25)26/h3,5-10,12-13H,1,4,11H2,2H3/b17-12+. The molecule has 0 spiro atoms. The Kier molecular flexibility index (Phi) is 6.03. The smallest absolute Gasteiger partial charge is 0.363 e. The monoisotopic (exact) mass is 394 g/mol. The van der Waals surface area contributed by atoms with Gasteiger partial charge in [-0.05, 0) is 42.8 Å². The SMILES string of the molecule is C=CCOc1ccc(/C=C2/N=C(c3ccc([N+](=O)[O-])cc3)OC2=O)cc1OCC. The molecule has 2 aromatic rings. The quantitative estimate of drug-likeness (QED) is 0.221. The van der Waals surface area contributed by atoms with Crippen LogP contribution in [-0.4, -0.2) is 30.0 Å². The molecule has 2 aromatic carbocycles. The van der Waals surface area contributed by atoms with E-state index in [9.17, 15) is 14.9 Å². The molecule has 8 nitrogen and oxygen atoms in total. The summed E-state index contributed by atoms with van der Waals surface area (Å²) >= 11 is 0. The summed E-state index contributed by atoms with van der Waals surface area (Å²) in [4.78, 5) is 26.6. The van der Waals surface area contributed by atoms with Crippen LogP contribution in [0.25, 0.3) is 6.08 Å². The van der Waals surface area contributed by atoms with E-state index < -0.39 is 10.9 Å². The van der Waals surface area contributed by atoms with Gasteiger partial charge in [0.25, 0.3) is 5.69 Å². The zero-order valence-corrected chi connectivity index (χ0v) is 15.7. The van der Waals surface area contributed by atoms with E-state index in [1.54, 1.807) is 30.4 Å². The van der Waals surface area contributed by atoms with Gasteiger partial charge in [-0.2, -0.15) is 0 Å². The molecule has 8 heteroatoms. The molecule has 0 aliphatic carbocycles. The number of hydrogen-bond acceptors (Lipinski definition) is 7. The molecular formula is C21H18N2O6. The number of non-ortho nitro benzene ring substituents is 1. The molecule has 0 saturated heterocycles. The minimum Gasteiger partial charge on any atom is -0.490 e. The van der Waals surface area contributed by atoms with Crippen molar-refractivity contribution in [2.45, 2.75) is 6.92 Å². The van der Waals surface area contributed by atoms with Gasteiger partial charge in [0.15, 0.2) is 17.2 Å². The predicted octanol–water partition coefficient (Wildman–Crippen LogP) is 3.90. The average Bonchev–Trinajstić information content (AvgIpc) is 3.08. The van der Waals surface area contributed by atoms with Crippen molar-refractivity contribution >= 4 is 23.6 Å². The summed E-state index contributed by atoms with van der Waals surface area (Å²) in [5, 5.41) is 10.8. The van der Waals surface area contributed by atoms with Crippen molar-refractivity contribution in [3.63, 3.8) is 0 Å². The van der Waals surface area contributed by atoms with E-state index in [1.807, 2.05) is 6.92 Å². The average molecular weight is 394 g/mol. The topological polar surface area (TPSA) is 100 Å². The third-order valence-electron chi connectivity index (χ3n) is 3.87. The van der Waals surface area contributed by atoms with E-state index in [-0.39, 0.29) is 17.3 Å². The van der Waals surface area contributed by atoms with Crippen molar-refractivity contribution in [2.75, 3.05) is 13.2 Å². The molecule has 29 heavy (non-hydrogen) atoms. The largest absolute Gasteiger partial charge is 0.490 e. The first-order valence-electron chi connectivity index (χ1n) is 8.79. The van der Waals surface area contributed by atoms with Crippen LogP contribution < -0.4 is 9.47 Å². The Balaban J connectivity index is 1.87. The minimum atomic E-state index is -0.608. The highest BCUT2D eigenvalue weighted by molar-refractivity contribution is 6.12. The number of nitro benzene ring substituents is 1. The maximum absolute atomic E-state index is 12.2. The van der Waals surface area contributed by atoms with Gasteiger partial charge in [0.05, 0.1) is 11.5 Å². The molecule has 1 aliphatic heterocycles. The maximum Gasteiger partial charge on any atom is 0.363 e. The number of cyclic esters (lactones) is 1. The summed E-state index contributed by atoms with van der Waals surface area (Å²) in [6.45, 7) is 6.27. The molecule has 0 saturated carbocycles. The molecule has 0 aromatic heterocycles.